The maximum Gasteiger partial charge on any atom is 0.275 e. The van der Waals surface area contributed by atoms with Gasteiger partial charge in [0.25, 0.3) is 5.91 Å². The van der Waals surface area contributed by atoms with Crippen molar-refractivity contribution in [2.24, 2.45) is 0 Å². The van der Waals surface area contributed by atoms with E-state index >= 15 is 0 Å². The second-order valence-electron chi connectivity index (χ2n) is 6.06. The third-order valence-electron chi connectivity index (χ3n) is 3.76. The van der Waals surface area contributed by atoms with Gasteiger partial charge in [0.15, 0.2) is 5.69 Å². The average Bonchev–Trinajstić information content (AvgIpc) is 2.63. The Morgan fingerprint density at radius 2 is 1.89 bits per heavy atom. The maximum absolute atomic E-state index is 13.0. The van der Waals surface area contributed by atoms with Crippen molar-refractivity contribution in [1.29, 1.82) is 0 Å². The SMILES string of the molecule is Cc1cccc(NC(=O)c2nc(S(=O)(=O)Cc3ccc(F)cc3)ncc2Cl)c1. The van der Waals surface area contributed by atoms with Crippen molar-refractivity contribution in [3.8, 4) is 0 Å². The number of amides is 1. The molecule has 1 heterocycles. The number of nitrogens with zero attached hydrogens (tertiary/aromatic N) is 2. The summed E-state index contributed by atoms with van der Waals surface area (Å²) in [5.41, 5.74) is 1.58. The smallest absolute Gasteiger partial charge is 0.275 e. The number of hydrogen-bond acceptors (Lipinski definition) is 5. The topological polar surface area (TPSA) is 89.0 Å². The zero-order valence-electron chi connectivity index (χ0n) is 14.7. The van der Waals surface area contributed by atoms with Gasteiger partial charge in [-0.05, 0) is 42.3 Å². The van der Waals surface area contributed by atoms with Crippen LogP contribution >= 0.6 is 11.6 Å². The molecular weight excluding hydrogens is 405 g/mol. The van der Waals surface area contributed by atoms with Crippen LogP contribution in [0.4, 0.5) is 10.1 Å². The molecule has 0 fully saturated rings. The first-order valence-electron chi connectivity index (χ1n) is 8.12. The van der Waals surface area contributed by atoms with Crippen LogP contribution in [0.25, 0.3) is 0 Å². The van der Waals surface area contributed by atoms with Gasteiger partial charge in [-0.15, -0.1) is 0 Å². The van der Waals surface area contributed by atoms with Crippen LogP contribution < -0.4 is 5.32 Å². The molecule has 9 heteroatoms. The minimum Gasteiger partial charge on any atom is -0.321 e. The van der Waals surface area contributed by atoms with E-state index in [4.69, 9.17) is 11.6 Å². The van der Waals surface area contributed by atoms with Crippen LogP contribution in [0.5, 0.6) is 0 Å². The molecule has 0 bridgehead atoms. The van der Waals surface area contributed by atoms with Crippen molar-refractivity contribution in [2.45, 2.75) is 17.8 Å². The summed E-state index contributed by atoms with van der Waals surface area (Å²) in [7, 11) is -3.96. The first-order chi connectivity index (χ1) is 13.2. The summed E-state index contributed by atoms with van der Waals surface area (Å²) < 4.78 is 38.2. The first kappa shape index (κ1) is 19.9. The zero-order chi connectivity index (χ0) is 20.3. The van der Waals surface area contributed by atoms with E-state index in [-0.39, 0.29) is 10.7 Å². The van der Waals surface area contributed by atoms with E-state index in [1.807, 2.05) is 13.0 Å². The summed E-state index contributed by atoms with van der Waals surface area (Å²) in [5, 5.41) is 2.01. The first-order valence-corrected chi connectivity index (χ1v) is 10.2. The Hall–Kier alpha value is -2.84. The lowest BCUT2D eigenvalue weighted by atomic mass is 10.2. The van der Waals surface area contributed by atoms with Gasteiger partial charge in [-0.1, -0.05) is 35.9 Å². The van der Waals surface area contributed by atoms with E-state index in [1.165, 1.54) is 12.1 Å². The fraction of sp³-hybridized carbons (Fsp3) is 0.105. The van der Waals surface area contributed by atoms with Gasteiger partial charge in [-0.2, -0.15) is 0 Å². The van der Waals surface area contributed by atoms with E-state index in [1.54, 1.807) is 18.2 Å². The molecule has 3 rings (SSSR count). The number of hydrogen-bond donors (Lipinski definition) is 1. The largest absolute Gasteiger partial charge is 0.321 e. The summed E-state index contributed by atoms with van der Waals surface area (Å²) in [5.74, 6) is -1.57. The lowest BCUT2D eigenvalue weighted by molar-refractivity contribution is 0.102. The van der Waals surface area contributed by atoms with Gasteiger partial charge < -0.3 is 5.32 Å². The van der Waals surface area contributed by atoms with Crippen molar-refractivity contribution in [3.63, 3.8) is 0 Å². The lowest BCUT2D eigenvalue weighted by Gasteiger charge is -2.09. The molecule has 1 aromatic heterocycles. The summed E-state index contributed by atoms with van der Waals surface area (Å²) in [6.07, 6.45) is 1.07. The fourth-order valence-electron chi connectivity index (χ4n) is 2.44. The van der Waals surface area contributed by atoms with Crippen molar-refractivity contribution in [2.75, 3.05) is 5.32 Å². The molecule has 3 aromatic rings. The minimum absolute atomic E-state index is 0.0779. The highest BCUT2D eigenvalue weighted by atomic mass is 35.5. The Morgan fingerprint density at radius 1 is 1.18 bits per heavy atom. The molecule has 0 unspecified atom stereocenters. The second-order valence-corrected chi connectivity index (χ2v) is 8.35. The Labute approximate surface area is 166 Å². The van der Waals surface area contributed by atoms with Gasteiger partial charge in [0.2, 0.25) is 15.0 Å². The molecule has 6 nitrogen and oxygen atoms in total. The molecule has 1 amide bonds. The highest BCUT2D eigenvalue weighted by molar-refractivity contribution is 7.90. The highest BCUT2D eigenvalue weighted by Crippen LogP contribution is 2.19. The monoisotopic (exact) mass is 419 g/mol. The van der Waals surface area contributed by atoms with Crippen molar-refractivity contribution in [3.05, 3.63) is 82.4 Å². The predicted molar refractivity (Wildman–Crippen MR) is 103 cm³/mol. The summed E-state index contributed by atoms with van der Waals surface area (Å²) in [6.45, 7) is 1.87. The number of aromatic nitrogens is 2. The molecule has 0 aliphatic rings. The van der Waals surface area contributed by atoms with Crippen LogP contribution in [-0.2, 0) is 15.6 Å². The number of benzene rings is 2. The molecule has 0 atom stereocenters. The number of nitrogens with one attached hydrogen (secondary N) is 1. The molecule has 0 aliphatic carbocycles. The second kappa shape index (κ2) is 8.04. The molecule has 0 saturated heterocycles. The number of carbonyl (C=O) groups excluding carboxylic acids is 1. The number of aryl methyl sites for hydroxylation is 1. The standard InChI is InChI=1S/C19H15ClFN3O3S/c1-12-3-2-4-15(9-12)23-18(25)17-16(20)10-22-19(24-17)28(26,27)11-13-5-7-14(21)8-6-13/h2-10H,11H2,1H3,(H,23,25). The summed E-state index contributed by atoms with van der Waals surface area (Å²) in [4.78, 5) is 20.1. The zero-order valence-corrected chi connectivity index (χ0v) is 16.3. The van der Waals surface area contributed by atoms with Crippen LogP contribution in [0.2, 0.25) is 5.02 Å². The highest BCUT2D eigenvalue weighted by Gasteiger charge is 2.23. The molecule has 1 N–H and O–H groups in total. The summed E-state index contributed by atoms with van der Waals surface area (Å²) in [6, 6.07) is 12.1. The van der Waals surface area contributed by atoms with E-state index in [0.717, 1.165) is 23.9 Å². The van der Waals surface area contributed by atoms with E-state index in [9.17, 15) is 17.6 Å². The van der Waals surface area contributed by atoms with Crippen LogP contribution in [0.3, 0.4) is 0 Å². The normalized spacial score (nSPS) is 11.2. The Morgan fingerprint density at radius 3 is 2.57 bits per heavy atom. The number of carbonyl (C=O) groups is 1. The molecule has 28 heavy (non-hydrogen) atoms. The van der Waals surface area contributed by atoms with Crippen molar-refractivity contribution >= 4 is 33.0 Å². The number of rotatable bonds is 5. The minimum atomic E-state index is -3.96. The third-order valence-corrected chi connectivity index (χ3v) is 5.50. The van der Waals surface area contributed by atoms with Gasteiger partial charge in [-0.3, -0.25) is 4.79 Å². The molecule has 2 aromatic carbocycles. The Bertz CT molecular complexity index is 1140. The number of halogens is 2. The van der Waals surface area contributed by atoms with Crippen LogP contribution in [0, 0.1) is 12.7 Å². The maximum atomic E-state index is 13.0. The van der Waals surface area contributed by atoms with Gasteiger partial charge in [0.1, 0.15) is 5.82 Å². The fourth-order valence-corrected chi connectivity index (χ4v) is 3.82. The predicted octanol–water partition coefficient (Wildman–Crippen LogP) is 3.80. The molecule has 0 saturated carbocycles. The third kappa shape index (κ3) is 4.71. The van der Waals surface area contributed by atoms with Crippen LogP contribution in [-0.4, -0.2) is 24.3 Å². The van der Waals surface area contributed by atoms with Crippen molar-refractivity contribution in [1.82, 2.24) is 9.97 Å². The van der Waals surface area contributed by atoms with E-state index < -0.39 is 32.5 Å². The van der Waals surface area contributed by atoms with E-state index in [2.05, 4.69) is 15.3 Å². The molecule has 0 aliphatic heterocycles. The average molecular weight is 420 g/mol. The number of sulfone groups is 1. The molecule has 0 radical (unpaired) electrons. The molecule has 144 valence electrons. The molecule has 0 spiro atoms. The van der Waals surface area contributed by atoms with Gasteiger partial charge >= 0.3 is 0 Å². The quantitative estimate of drug-likeness (QED) is 0.635. The lowest BCUT2D eigenvalue weighted by Crippen LogP contribution is -2.18. The van der Waals surface area contributed by atoms with Crippen LogP contribution in [0.15, 0.2) is 59.9 Å². The van der Waals surface area contributed by atoms with Gasteiger partial charge in [-0.25, -0.2) is 22.8 Å². The summed E-state index contributed by atoms with van der Waals surface area (Å²) >= 11 is 5.99. The van der Waals surface area contributed by atoms with Crippen molar-refractivity contribution < 1.29 is 17.6 Å². The number of anilines is 1. The van der Waals surface area contributed by atoms with Gasteiger partial charge in [0.05, 0.1) is 17.0 Å². The van der Waals surface area contributed by atoms with Gasteiger partial charge in [0, 0.05) is 5.69 Å². The molecular formula is C19H15ClFN3O3S. The Kier molecular flexibility index (Phi) is 5.71. The Balaban J connectivity index is 1.87. The van der Waals surface area contributed by atoms with E-state index in [0.29, 0.717) is 11.3 Å². The van der Waals surface area contributed by atoms with Crippen LogP contribution in [0.1, 0.15) is 21.6 Å².